The van der Waals surface area contributed by atoms with E-state index in [2.05, 4.69) is 45.2 Å². The third kappa shape index (κ3) is 3.97. The van der Waals surface area contributed by atoms with Crippen molar-refractivity contribution in [1.29, 1.82) is 0 Å². The fourth-order valence-corrected chi connectivity index (χ4v) is 3.99. The molecule has 0 aliphatic carbocycles. The lowest BCUT2D eigenvalue weighted by atomic mass is 10.0. The Morgan fingerprint density at radius 3 is 2.95 bits per heavy atom. The van der Waals surface area contributed by atoms with Crippen LogP contribution in [-0.4, -0.2) is 31.1 Å². The predicted molar refractivity (Wildman–Crippen MR) is 90.5 cm³/mol. The number of hydrogen-bond donors (Lipinski definition) is 1. The van der Waals surface area contributed by atoms with Crippen molar-refractivity contribution in [3.8, 4) is 0 Å². The van der Waals surface area contributed by atoms with Gasteiger partial charge in [0, 0.05) is 28.1 Å². The van der Waals surface area contributed by atoms with Gasteiger partial charge < -0.3 is 10.2 Å². The highest BCUT2D eigenvalue weighted by Gasteiger charge is 2.23. The first-order valence-electron chi connectivity index (χ1n) is 7.52. The maximum absolute atomic E-state index is 6.37. The Hall–Kier alpha value is -0.0900. The lowest BCUT2D eigenvalue weighted by molar-refractivity contribution is 0.235. The van der Waals surface area contributed by atoms with Gasteiger partial charge in [0.15, 0.2) is 0 Å². The maximum Gasteiger partial charge on any atom is 0.0465 e. The van der Waals surface area contributed by atoms with E-state index in [4.69, 9.17) is 11.6 Å². The van der Waals surface area contributed by atoms with Crippen molar-refractivity contribution in [3.63, 3.8) is 0 Å². The smallest absolute Gasteiger partial charge is 0.0465 e. The van der Waals surface area contributed by atoms with Crippen LogP contribution < -0.4 is 5.32 Å². The normalized spacial score (nSPS) is 21.3. The molecule has 1 fully saturated rings. The molecular formula is C16H24BrClN2. The molecule has 0 bridgehead atoms. The van der Waals surface area contributed by atoms with E-state index < -0.39 is 0 Å². The summed E-state index contributed by atoms with van der Waals surface area (Å²) < 4.78 is 1.03. The van der Waals surface area contributed by atoms with Crippen LogP contribution in [-0.2, 0) is 0 Å². The van der Waals surface area contributed by atoms with Gasteiger partial charge in [-0.05, 0) is 57.0 Å². The average molecular weight is 360 g/mol. The van der Waals surface area contributed by atoms with Gasteiger partial charge in [0.1, 0.15) is 0 Å². The van der Waals surface area contributed by atoms with Gasteiger partial charge in [-0.25, -0.2) is 0 Å². The second kappa shape index (κ2) is 7.79. The molecule has 1 saturated heterocycles. The van der Waals surface area contributed by atoms with Gasteiger partial charge >= 0.3 is 0 Å². The summed E-state index contributed by atoms with van der Waals surface area (Å²) in [5.41, 5.74) is 1.20. The third-order valence-corrected chi connectivity index (χ3v) is 5.18. The highest BCUT2D eigenvalue weighted by Crippen LogP contribution is 2.29. The Labute approximate surface area is 136 Å². The van der Waals surface area contributed by atoms with Gasteiger partial charge in [0.2, 0.25) is 0 Å². The summed E-state index contributed by atoms with van der Waals surface area (Å²) in [7, 11) is 2.02. The maximum atomic E-state index is 6.37. The van der Waals surface area contributed by atoms with Crippen LogP contribution in [0.1, 0.15) is 44.2 Å². The Morgan fingerprint density at radius 1 is 1.50 bits per heavy atom. The minimum absolute atomic E-state index is 0.328. The molecule has 0 aromatic heterocycles. The molecule has 0 saturated carbocycles. The zero-order valence-electron chi connectivity index (χ0n) is 12.3. The van der Waals surface area contributed by atoms with Gasteiger partial charge in [-0.3, -0.25) is 0 Å². The topological polar surface area (TPSA) is 15.3 Å². The minimum atomic E-state index is 0.328. The first-order chi connectivity index (χ1) is 9.65. The van der Waals surface area contributed by atoms with Gasteiger partial charge in [-0.15, -0.1) is 0 Å². The molecule has 1 aliphatic rings. The molecule has 2 rings (SSSR count). The van der Waals surface area contributed by atoms with E-state index in [1.165, 1.54) is 31.4 Å². The minimum Gasteiger partial charge on any atom is -0.313 e. The standard InChI is InChI=1S/C16H24BrClN2/c1-3-13-5-4-9-20(13)10-8-16(19-2)14-7-6-12(17)11-15(14)18/h6-7,11,13,16,19H,3-5,8-10H2,1-2H3. The lowest BCUT2D eigenvalue weighted by Crippen LogP contribution is -2.32. The summed E-state index contributed by atoms with van der Waals surface area (Å²) in [4.78, 5) is 2.64. The van der Waals surface area contributed by atoms with E-state index in [0.717, 1.165) is 28.5 Å². The zero-order valence-corrected chi connectivity index (χ0v) is 14.7. The Bertz CT molecular complexity index is 438. The fraction of sp³-hybridized carbons (Fsp3) is 0.625. The molecule has 0 radical (unpaired) electrons. The molecule has 112 valence electrons. The Balaban J connectivity index is 1.98. The Morgan fingerprint density at radius 2 is 2.30 bits per heavy atom. The number of nitrogens with one attached hydrogen (secondary N) is 1. The lowest BCUT2D eigenvalue weighted by Gasteiger charge is -2.26. The van der Waals surface area contributed by atoms with Crippen molar-refractivity contribution in [1.82, 2.24) is 10.2 Å². The van der Waals surface area contributed by atoms with E-state index in [1.807, 2.05) is 13.1 Å². The molecule has 0 amide bonds. The van der Waals surface area contributed by atoms with Gasteiger partial charge in [-0.2, -0.15) is 0 Å². The number of rotatable bonds is 6. The van der Waals surface area contributed by atoms with Crippen LogP contribution >= 0.6 is 27.5 Å². The summed E-state index contributed by atoms with van der Waals surface area (Å²) in [5.74, 6) is 0. The first-order valence-corrected chi connectivity index (χ1v) is 8.69. The number of nitrogens with zero attached hydrogens (tertiary/aromatic N) is 1. The molecule has 1 aromatic rings. The van der Waals surface area contributed by atoms with Gasteiger partial charge in [-0.1, -0.05) is 40.5 Å². The van der Waals surface area contributed by atoms with Crippen LogP contribution in [0.25, 0.3) is 0 Å². The monoisotopic (exact) mass is 358 g/mol. The predicted octanol–water partition coefficient (Wildman–Crippen LogP) is 4.63. The van der Waals surface area contributed by atoms with Gasteiger partial charge in [0.05, 0.1) is 0 Å². The molecule has 1 N–H and O–H groups in total. The third-order valence-electron chi connectivity index (χ3n) is 4.36. The second-order valence-electron chi connectivity index (χ2n) is 5.54. The van der Waals surface area contributed by atoms with Crippen molar-refractivity contribution < 1.29 is 0 Å². The largest absolute Gasteiger partial charge is 0.313 e. The summed E-state index contributed by atoms with van der Waals surface area (Å²) in [6.07, 6.45) is 5.08. The van der Waals surface area contributed by atoms with E-state index >= 15 is 0 Å². The molecule has 0 spiro atoms. The van der Waals surface area contributed by atoms with E-state index in [1.54, 1.807) is 0 Å². The van der Waals surface area contributed by atoms with Crippen LogP contribution in [0.2, 0.25) is 5.02 Å². The number of benzene rings is 1. The SMILES string of the molecule is CCC1CCCN1CCC(NC)c1ccc(Br)cc1Cl. The summed E-state index contributed by atoms with van der Waals surface area (Å²) >= 11 is 9.84. The van der Waals surface area contributed by atoms with Crippen molar-refractivity contribution in [2.75, 3.05) is 20.1 Å². The van der Waals surface area contributed by atoms with Crippen molar-refractivity contribution in [2.45, 2.75) is 44.7 Å². The summed E-state index contributed by atoms with van der Waals surface area (Å²) in [5, 5.41) is 4.25. The summed E-state index contributed by atoms with van der Waals surface area (Å²) in [6.45, 7) is 4.70. The second-order valence-corrected chi connectivity index (χ2v) is 6.86. The molecule has 1 aliphatic heterocycles. The number of likely N-dealkylation sites (tertiary alicyclic amines) is 1. The number of halogens is 2. The Kier molecular flexibility index (Phi) is 6.34. The van der Waals surface area contributed by atoms with Crippen molar-refractivity contribution >= 4 is 27.5 Å². The summed E-state index contributed by atoms with van der Waals surface area (Å²) in [6, 6.07) is 7.28. The van der Waals surface area contributed by atoms with Crippen LogP contribution in [0.3, 0.4) is 0 Å². The van der Waals surface area contributed by atoms with E-state index in [9.17, 15) is 0 Å². The zero-order chi connectivity index (χ0) is 14.5. The van der Waals surface area contributed by atoms with E-state index in [0.29, 0.717) is 6.04 Å². The molecule has 4 heteroatoms. The average Bonchev–Trinajstić information content (AvgIpc) is 2.88. The molecule has 2 unspecified atom stereocenters. The first kappa shape index (κ1) is 16.3. The van der Waals surface area contributed by atoms with Crippen LogP contribution in [0, 0.1) is 0 Å². The quantitative estimate of drug-likeness (QED) is 0.796. The molecule has 2 atom stereocenters. The van der Waals surface area contributed by atoms with E-state index in [-0.39, 0.29) is 0 Å². The highest BCUT2D eigenvalue weighted by molar-refractivity contribution is 9.10. The van der Waals surface area contributed by atoms with Crippen LogP contribution in [0.5, 0.6) is 0 Å². The van der Waals surface area contributed by atoms with Crippen LogP contribution in [0.15, 0.2) is 22.7 Å². The molecule has 1 heterocycles. The highest BCUT2D eigenvalue weighted by atomic mass is 79.9. The molecule has 1 aromatic carbocycles. The van der Waals surface area contributed by atoms with Gasteiger partial charge in [0.25, 0.3) is 0 Å². The van der Waals surface area contributed by atoms with Crippen LogP contribution in [0.4, 0.5) is 0 Å². The number of hydrogen-bond acceptors (Lipinski definition) is 2. The molecular weight excluding hydrogens is 336 g/mol. The van der Waals surface area contributed by atoms with Crippen molar-refractivity contribution in [2.24, 2.45) is 0 Å². The fourth-order valence-electron chi connectivity index (χ4n) is 3.19. The molecule has 2 nitrogen and oxygen atoms in total. The van der Waals surface area contributed by atoms with Crippen molar-refractivity contribution in [3.05, 3.63) is 33.3 Å². The molecule has 20 heavy (non-hydrogen) atoms.